The fourth-order valence-electron chi connectivity index (χ4n) is 1.84. The number of benzene rings is 1. The zero-order valence-electron chi connectivity index (χ0n) is 10.5. The van der Waals surface area contributed by atoms with E-state index in [-0.39, 0.29) is 0 Å². The Kier molecular flexibility index (Phi) is 5.16. The molecule has 0 aliphatic rings. The number of hydrogen-bond acceptors (Lipinski definition) is 2. The highest BCUT2D eigenvalue weighted by atomic mass is 32.2. The van der Waals surface area contributed by atoms with Gasteiger partial charge in [-0.3, -0.25) is 4.21 Å². The molecule has 90 valence electrons. The van der Waals surface area contributed by atoms with Crippen LogP contribution >= 0.6 is 0 Å². The molecule has 1 aromatic rings. The van der Waals surface area contributed by atoms with Crippen molar-refractivity contribution in [2.75, 3.05) is 18.6 Å². The topological polar surface area (TPSA) is 29.1 Å². The predicted molar refractivity (Wildman–Crippen MR) is 71.3 cm³/mol. The van der Waals surface area contributed by atoms with Crippen LogP contribution in [0, 0.1) is 13.8 Å². The maximum atomic E-state index is 10.9. The normalized spacial score (nSPS) is 14.8. The highest BCUT2D eigenvalue weighted by Crippen LogP contribution is 2.18. The molecule has 0 amide bonds. The summed E-state index contributed by atoms with van der Waals surface area (Å²) in [6.45, 7) is 7.20. The lowest BCUT2D eigenvalue weighted by Gasteiger charge is -2.16. The monoisotopic (exact) mass is 239 g/mol. The molecule has 0 bridgehead atoms. The van der Waals surface area contributed by atoms with Gasteiger partial charge in [-0.25, -0.2) is 0 Å². The molecule has 3 heteroatoms. The molecule has 1 N–H and O–H groups in total. The highest BCUT2D eigenvalue weighted by molar-refractivity contribution is 7.84. The van der Waals surface area contributed by atoms with Crippen LogP contribution in [0.1, 0.15) is 29.7 Å². The minimum Gasteiger partial charge on any atom is -0.309 e. The molecule has 0 aliphatic carbocycles. The number of hydrogen-bond donors (Lipinski definition) is 1. The first-order valence-electron chi connectivity index (χ1n) is 5.61. The summed E-state index contributed by atoms with van der Waals surface area (Å²) in [4.78, 5) is 0. The standard InChI is InChI=1S/C13H21NOS/c1-10-5-6-13(11(2)9-10)12(3)14-7-8-16(4)15/h5-6,9,12,14H,7-8H2,1-4H3. The maximum absolute atomic E-state index is 10.9. The zero-order chi connectivity index (χ0) is 12.1. The van der Waals surface area contributed by atoms with E-state index in [0.29, 0.717) is 6.04 Å². The second-order valence-electron chi connectivity index (χ2n) is 4.31. The van der Waals surface area contributed by atoms with Crippen molar-refractivity contribution in [1.82, 2.24) is 5.32 Å². The van der Waals surface area contributed by atoms with Crippen LogP contribution in [0.5, 0.6) is 0 Å². The average Bonchev–Trinajstić information content (AvgIpc) is 2.16. The van der Waals surface area contributed by atoms with Crippen molar-refractivity contribution in [1.29, 1.82) is 0 Å². The van der Waals surface area contributed by atoms with E-state index in [9.17, 15) is 4.21 Å². The molecule has 0 saturated carbocycles. The van der Waals surface area contributed by atoms with Gasteiger partial charge in [0.1, 0.15) is 0 Å². The third kappa shape index (κ3) is 4.06. The Labute approximate surface area is 101 Å². The van der Waals surface area contributed by atoms with Gasteiger partial charge in [-0.05, 0) is 31.9 Å². The molecule has 0 heterocycles. The minimum absolute atomic E-state index is 0.323. The molecular weight excluding hydrogens is 218 g/mol. The first kappa shape index (κ1) is 13.4. The molecule has 2 nitrogen and oxygen atoms in total. The van der Waals surface area contributed by atoms with Crippen molar-refractivity contribution in [3.05, 3.63) is 34.9 Å². The van der Waals surface area contributed by atoms with Crippen molar-refractivity contribution < 1.29 is 4.21 Å². The first-order valence-corrected chi connectivity index (χ1v) is 7.34. The molecule has 2 unspecified atom stereocenters. The summed E-state index contributed by atoms with van der Waals surface area (Å²) in [5.74, 6) is 0.718. The second kappa shape index (κ2) is 6.16. The van der Waals surface area contributed by atoms with Crippen molar-refractivity contribution in [3.63, 3.8) is 0 Å². The van der Waals surface area contributed by atoms with E-state index >= 15 is 0 Å². The van der Waals surface area contributed by atoms with Crippen LogP contribution in [0.15, 0.2) is 18.2 Å². The fourth-order valence-corrected chi connectivity index (χ4v) is 2.25. The predicted octanol–water partition coefficient (Wildman–Crippen LogP) is 2.33. The van der Waals surface area contributed by atoms with E-state index in [1.807, 2.05) is 0 Å². The maximum Gasteiger partial charge on any atom is 0.0357 e. The average molecular weight is 239 g/mol. The molecule has 0 spiro atoms. The molecule has 0 saturated heterocycles. The van der Waals surface area contributed by atoms with Crippen LogP contribution in [-0.4, -0.2) is 22.8 Å². The van der Waals surface area contributed by atoms with Crippen molar-refractivity contribution in [3.8, 4) is 0 Å². The third-order valence-corrected chi connectivity index (χ3v) is 3.51. The van der Waals surface area contributed by atoms with Crippen LogP contribution in [-0.2, 0) is 10.8 Å². The lowest BCUT2D eigenvalue weighted by molar-refractivity contribution is 0.594. The summed E-state index contributed by atoms with van der Waals surface area (Å²) in [6, 6.07) is 6.83. The first-order chi connectivity index (χ1) is 7.50. The van der Waals surface area contributed by atoms with Gasteiger partial charge in [-0.2, -0.15) is 0 Å². The summed E-state index contributed by atoms with van der Waals surface area (Å²) in [7, 11) is -0.710. The Morgan fingerprint density at radius 2 is 2.06 bits per heavy atom. The summed E-state index contributed by atoms with van der Waals surface area (Å²) in [6.07, 6.45) is 1.74. The molecule has 1 rings (SSSR count). The van der Waals surface area contributed by atoms with Gasteiger partial charge in [0.25, 0.3) is 0 Å². The summed E-state index contributed by atoms with van der Waals surface area (Å²) in [5.41, 5.74) is 3.94. The SMILES string of the molecule is Cc1ccc(C(C)NCCS(C)=O)c(C)c1. The van der Waals surface area contributed by atoms with Gasteiger partial charge in [0.05, 0.1) is 0 Å². The van der Waals surface area contributed by atoms with Crippen LogP contribution in [0.3, 0.4) is 0 Å². The zero-order valence-corrected chi connectivity index (χ0v) is 11.4. The minimum atomic E-state index is -0.710. The number of aryl methyl sites for hydroxylation is 2. The molecule has 0 aromatic heterocycles. The van der Waals surface area contributed by atoms with Crippen LogP contribution in [0.25, 0.3) is 0 Å². The highest BCUT2D eigenvalue weighted by Gasteiger charge is 2.07. The van der Waals surface area contributed by atoms with Crippen LogP contribution in [0.2, 0.25) is 0 Å². The molecule has 2 atom stereocenters. The smallest absolute Gasteiger partial charge is 0.0357 e. The van der Waals surface area contributed by atoms with Gasteiger partial charge in [-0.1, -0.05) is 23.8 Å². The van der Waals surface area contributed by atoms with E-state index < -0.39 is 10.8 Å². The third-order valence-electron chi connectivity index (χ3n) is 2.73. The van der Waals surface area contributed by atoms with E-state index in [0.717, 1.165) is 12.3 Å². The summed E-state index contributed by atoms with van der Waals surface area (Å²) in [5, 5.41) is 3.40. The Morgan fingerprint density at radius 3 is 2.62 bits per heavy atom. The lowest BCUT2D eigenvalue weighted by atomic mass is 10.0. The molecule has 1 aromatic carbocycles. The lowest BCUT2D eigenvalue weighted by Crippen LogP contribution is -2.24. The molecule has 0 aliphatic heterocycles. The van der Waals surface area contributed by atoms with E-state index in [1.54, 1.807) is 6.26 Å². The van der Waals surface area contributed by atoms with Crippen molar-refractivity contribution in [2.45, 2.75) is 26.8 Å². The van der Waals surface area contributed by atoms with Gasteiger partial charge < -0.3 is 5.32 Å². The number of nitrogens with one attached hydrogen (secondary N) is 1. The van der Waals surface area contributed by atoms with Gasteiger partial charge in [-0.15, -0.1) is 0 Å². The largest absolute Gasteiger partial charge is 0.309 e. The Bertz CT molecular complexity index is 376. The van der Waals surface area contributed by atoms with Crippen LogP contribution in [0.4, 0.5) is 0 Å². The molecule has 16 heavy (non-hydrogen) atoms. The number of rotatable bonds is 5. The van der Waals surface area contributed by atoms with E-state index in [1.165, 1.54) is 16.7 Å². The van der Waals surface area contributed by atoms with E-state index in [4.69, 9.17) is 0 Å². The van der Waals surface area contributed by atoms with Gasteiger partial charge >= 0.3 is 0 Å². The van der Waals surface area contributed by atoms with Crippen molar-refractivity contribution in [2.24, 2.45) is 0 Å². The van der Waals surface area contributed by atoms with E-state index in [2.05, 4.69) is 44.3 Å². The quantitative estimate of drug-likeness (QED) is 0.854. The molecule has 0 radical (unpaired) electrons. The van der Waals surface area contributed by atoms with Gasteiger partial charge in [0, 0.05) is 35.4 Å². The fraction of sp³-hybridized carbons (Fsp3) is 0.538. The molecule has 0 fully saturated rings. The van der Waals surface area contributed by atoms with Gasteiger partial charge in [0.2, 0.25) is 0 Å². The second-order valence-corrected chi connectivity index (χ2v) is 5.87. The Balaban J connectivity index is 2.58. The summed E-state index contributed by atoms with van der Waals surface area (Å²) >= 11 is 0. The summed E-state index contributed by atoms with van der Waals surface area (Å²) < 4.78 is 10.9. The van der Waals surface area contributed by atoms with Crippen molar-refractivity contribution >= 4 is 10.8 Å². The Hall–Kier alpha value is -0.670. The van der Waals surface area contributed by atoms with Crippen LogP contribution < -0.4 is 5.32 Å². The Morgan fingerprint density at radius 1 is 1.38 bits per heavy atom. The van der Waals surface area contributed by atoms with Gasteiger partial charge in [0.15, 0.2) is 0 Å². The molecular formula is C13H21NOS.